The standard InChI is InChI=1S/C15H21NO3S/c1-10-6-11(2)8-13(7-10)16-15(17)9-20(18)14-4-5-19-12(14)3/h6-8,12,14H,4-5,9H2,1-3H3,(H,16,17). The Labute approximate surface area is 122 Å². The molecule has 0 spiro atoms. The zero-order chi connectivity index (χ0) is 14.7. The minimum atomic E-state index is -1.18. The molecule has 1 aliphatic heterocycles. The molecular formula is C15H21NO3S. The lowest BCUT2D eigenvalue weighted by molar-refractivity contribution is -0.113. The Balaban J connectivity index is 1.93. The van der Waals surface area contributed by atoms with Crippen LogP contribution >= 0.6 is 0 Å². The maximum atomic E-state index is 12.2. The molecule has 1 fully saturated rings. The molecule has 5 heteroatoms. The maximum absolute atomic E-state index is 12.2. The van der Waals surface area contributed by atoms with E-state index in [1.165, 1.54) is 0 Å². The van der Waals surface area contributed by atoms with Crippen LogP contribution in [0.1, 0.15) is 24.5 Å². The number of hydrogen-bond acceptors (Lipinski definition) is 3. The minimum absolute atomic E-state index is 0.0233. The lowest BCUT2D eigenvalue weighted by Crippen LogP contribution is -2.30. The van der Waals surface area contributed by atoms with Gasteiger partial charge >= 0.3 is 0 Å². The predicted octanol–water partition coefficient (Wildman–Crippen LogP) is 2.17. The van der Waals surface area contributed by atoms with E-state index in [1.54, 1.807) is 0 Å². The number of benzene rings is 1. The van der Waals surface area contributed by atoms with Crippen LogP contribution < -0.4 is 5.32 Å². The first kappa shape index (κ1) is 15.2. The number of nitrogens with one attached hydrogen (secondary N) is 1. The monoisotopic (exact) mass is 295 g/mol. The number of amides is 1. The van der Waals surface area contributed by atoms with E-state index in [0.717, 1.165) is 23.2 Å². The van der Waals surface area contributed by atoms with E-state index < -0.39 is 10.8 Å². The van der Waals surface area contributed by atoms with Gasteiger partial charge in [0.05, 0.1) is 11.4 Å². The Morgan fingerprint density at radius 2 is 2.00 bits per heavy atom. The minimum Gasteiger partial charge on any atom is -0.377 e. The normalized spacial score (nSPS) is 23.6. The van der Waals surface area contributed by atoms with Crippen molar-refractivity contribution in [3.05, 3.63) is 29.3 Å². The zero-order valence-corrected chi connectivity index (χ0v) is 13.0. The Morgan fingerprint density at radius 3 is 2.55 bits per heavy atom. The Hall–Kier alpha value is -1.20. The van der Waals surface area contributed by atoms with Crippen molar-refractivity contribution in [3.63, 3.8) is 0 Å². The van der Waals surface area contributed by atoms with Crippen LogP contribution in [-0.4, -0.2) is 33.8 Å². The summed E-state index contributed by atoms with van der Waals surface area (Å²) in [5.41, 5.74) is 2.96. The van der Waals surface area contributed by atoms with Gasteiger partial charge in [-0.1, -0.05) is 6.07 Å². The van der Waals surface area contributed by atoms with E-state index in [9.17, 15) is 9.00 Å². The van der Waals surface area contributed by atoms with Gasteiger partial charge in [-0.2, -0.15) is 0 Å². The molecule has 1 heterocycles. The molecular weight excluding hydrogens is 274 g/mol. The number of rotatable bonds is 4. The fourth-order valence-electron chi connectivity index (χ4n) is 2.54. The van der Waals surface area contributed by atoms with Gasteiger partial charge in [0.1, 0.15) is 5.75 Å². The van der Waals surface area contributed by atoms with Crippen molar-refractivity contribution in [3.8, 4) is 0 Å². The number of aryl methyl sites for hydroxylation is 2. The van der Waals surface area contributed by atoms with Crippen molar-refractivity contribution >= 4 is 22.4 Å². The second-order valence-electron chi connectivity index (χ2n) is 5.35. The van der Waals surface area contributed by atoms with Crippen molar-refractivity contribution < 1.29 is 13.7 Å². The van der Waals surface area contributed by atoms with Gasteiger partial charge in [-0.3, -0.25) is 9.00 Å². The van der Waals surface area contributed by atoms with Crippen LogP contribution in [0.5, 0.6) is 0 Å². The van der Waals surface area contributed by atoms with Crippen molar-refractivity contribution in [2.45, 2.75) is 38.5 Å². The van der Waals surface area contributed by atoms with Crippen molar-refractivity contribution in [2.75, 3.05) is 17.7 Å². The van der Waals surface area contributed by atoms with Gasteiger partial charge in [0.2, 0.25) is 5.91 Å². The number of ether oxygens (including phenoxy) is 1. The molecule has 0 aromatic heterocycles. The van der Waals surface area contributed by atoms with Gasteiger partial charge in [-0.05, 0) is 50.5 Å². The molecule has 1 aromatic rings. The smallest absolute Gasteiger partial charge is 0.237 e. The van der Waals surface area contributed by atoms with E-state index in [4.69, 9.17) is 4.74 Å². The number of carbonyl (C=O) groups is 1. The summed E-state index contributed by atoms with van der Waals surface area (Å²) >= 11 is 0. The topological polar surface area (TPSA) is 55.4 Å². The number of anilines is 1. The van der Waals surface area contributed by atoms with Crippen LogP contribution in [0.3, 0.4) is 0 Å². The molecule has 0 radical (unpaired) electrons. The SMILES string of the molecule is Cc1cc(C)cc(NC(=O)CS(=O)C2CCOC2C)c1. The summed E-state index contributed by atoms with van der Waals surface area (Å²) < 4.78 is 17.6. The van der Waals surface area contributed by atoms with Crippen LogP contribution in [0.2, 0.25) is 0 Å². The zero-order valence-electron chi connectivity index (χ0n) is 12.1. The second kappa shape index (κ2) is 6.50. The molecule has 1 N–H and O–H groups in total. The third-order valence-corrected chi connectivity index (χ3v) is 5.26. The molecule has 1 aliphatic rings. The Kier molecular flexibility index (Phi) is 4.94. The summed E-state index contributed by atoms with van der Waals surface area (Å²) in [5.74, 6) is -0.168. The first-order chi connectivity index (χ1) is 9.45. The quantitative estimate of drug-likeness (QED) is 0.926. The fourth-order valence-corrected chi connectivity index (χ4v) is 3.95. The van der Waals surface area contributed by atoms with Gasteiger partial charge in [-0.15, -0.1) is 0 Å². The Morgan fingerprint density at radius 1 is 1.35 bits per heavy atom. The molecule has 0 bridgehead atoms. The van der Waals surface area contributed by atoms with Crippen LogP contribution in [0.4, 0.5) is 5.69 Å². The molecule has 4 nitrogen and oxygen atoms in total. The van der Waals surface area contributed by atoms with Gasteiger partial charge in [-0.25, -0.2) is 0 Å². The molecule has 1 aromatic carbocycles. The van der Waals surface area contributed by atoms with Crippen LogP contribution in [0.25, 0.3) is 0 Å². The molecule has 3 atom stereocenters. The molecule has 0 saturated carbocycles. The largest absolute Gasteiger partial charge is 0.377 e. The maximum Gasteiger partial charge on any atom is 0.237 e. The third kappa shape index (κ3) is 3.90. The number of hydrogen-bond donors (Lipinski definition) is 1. The lowest BCUT2D eigenvalue weighted by atomic mass is 10.1. The molecule has 0 aliphatic carbocycles. The first-order valence-corrected chi connectivity index (χ1v) is 8.21. The van der Waals surface area contributed by atoms with E-state index in [1.807, 2.05) is 39.0 Å². The summed E-state index contributed by atoms with van der Waals surface area (Å²) in [6.45, 7) is 6.52. The van der Waals surface area contributed by atoms with Crippen LogP contribution in [0, 0.1) is 13.8 Å². The summed E-state index contributed by atoms with van der Waals surface area (Å²) in [5, 5.41) is 2.79. The van der Waals surface area contributed by atoms with Gasteiger partial charge in [0.25, 0.3) is 0 Å². The molecule has 3 unspecified atom stereocenters. The van der Waals surface area contributed by atoms with Crippen molar-refractivity contribution in [2.24, 2.45) is 0 Å². The first-order valence-electron chi connectivity index (χ1n) is 6.82. The highest BCUT2D eigenvalue weighted by Gasteiger charge is 2.30. The van der Waals surface area contributed by atoms with Gasteiger partial charge in [0.15, 0.2) is 0 Å². The molecule has 1 saturated heterocycles. The van der Waals surface area contributed by atoms with Crippen LogP contribution in [-0.2, 0) is 20.3 Å². The third-order valence-electron chi connectivity index (χ3n) is 3.42. The highest BCUT2D eigenvalue weighted by molar-refractivity contribution is 7.86. The van der Waals surface area contributed by atoms with Crippen LogP contribution in [0.15, 0.2) is 18.2 Å². The highest BCUT2D eigenvalue weighted by atomic mass is 32.2. The highest BCUT2D eigenvalue weighted by Crippen LogP contribution is 2.19. The summed E-state index contributed by atoms with van der Waals surface area (Å²) in [6.07, 6.45) is 0.745. The van der Waals surface area contributed by atoms with E-state index in [-0.39, 0.29) is 23.0 Å². The average molecular weight is 295 g/mol. The average Bonchev–Trinajstić information content (AvgIpc) is 2.73. The Bertz CT molecular complexity index is 510. The molecule has 110 valence electrons. The molecule has 2 rings (SSSR count). The summed E-state index contributed by atoms with van der Waals surface area (Å²) in [7, 11) is -1.18. The fraction of sp³-hybridized carbons (Fsp3) is 0.533. The summed E-state index contributed by atoms with van der Waals surface area (Å²) in [6, 6.07) is 5.87. The van der Waals surface area contributed by atoms with E-state index in [2.05, 4.69) is 5.32 Å². The number of carbonyl (C=O) groups excluding carboxylic acids is 1. The van der Waals surface area contributed by atoms with E-state index in [0.29, 0.717) is 6.61 Å². The van der Waals surface area contributed by atoms with Crippen molar-refractivity contribution in [1.82, 2.24) is 0 Å². The van der Waals surface area contributed by atoms with E-state index >= 15 is 0 Å². The lowest BCUT2D eigenvalue weighted by Gasteiger charge is -2.13. The van der Waals surface area contributed by atoms with Crippen molar-refractivity contribution in [1.29, 1.82) is 0 Å². The second-order valence-corrected chi connectivity index (χ2v) is 7.01. The van der Waals surface area contributed by atoms with Gasteiger partial charge < -0.3 is 10.1 Å². The predicted molar refractivity (Wildman–Crippen MR) is 81.4 cm³/mol. The molecule has 1 amide bonds. The van der Waals surface area contributed by atoms with Gasteiger partial charge in [0, 0.05) is 23.1 Å². The molecule has 20 heavy (non-hydrogen) atoms. The summed E-state index contributed by atoms with van der Waals surface area (Å²) in [4.78, 5) is 12.0.